The zero-order chi connectivity index (χ0) is 9.14. The van der Waals surface area contributed by atoms with E-state index in [2.05, 4.69) is 25.6 Å². The first-order valence-electron chi connectivity index (χ1n) is 2.76. The van der Waals surface area contributed by atoms with Gasteiger partial charge in [-0.2, -0.15) is 0 Å². The summed E-state index contributed by atoms with van der Waals surface area (Å²) in [5.41, 5.74) is 0.249. The molecule has 0 bridgehead atoms. The Kier molecular flexibility index (Phi) is 3.45. The van der Waals surface area contributed by atoms with Gasteiger partial charge in [-0.25, -0.2) is 4.98 Å². The molecule has 1 unspecified atom stereocenters. The normalized spacial score (nSPS) is 12.6. The molecule has 1 rings (SSSR count). The maximum absolute atomic E-state index is 10.2. The van der Waals surface area contributed by atoms with Crippen LogP contribution in [-0.2, 0) is 11.3 Å². The highest BCUT2D eigenvalue weighted by molar-refractivity contribution is 9.10. The van der Waals surface area contributed by atoms with Gasteiger partial charge < -0.3 is 9.27 Å². The minimum absolute atomic E-state index is 0.113. The first-order valence-corrected chi connectivity index (χ1v) is 5.01. The topological polar surface area (TPSA) is 65.0 Å². The van der Waals surface area contributed by atoms with Gasteiger partial charge in [-0.3, -0.25) is 4.21 Å². The Hall–Kier alpha value is -0.170. The van der Waals surface area contributed by atoms with Crippen molar-refractivity contribution < 1.29 is 8.76 Å². The molecule has 4 nitrogen and oxygen atoms in total. The lowest BCUT2D eigenvalue weighted by molar-refractivity contribution is 0.542. The number of nitrogens with zero attached hydrogens (tertiary/aromatic N) is 1. The Morgan fingerprint density at radius 1 is 1.75 bits per heavy atom. The van der Waals surface area contributed by atoms with Gasteiger partial charge in [0.15, 0.2) is 5.15 Å². The monoisotopic (exact) mass is 269 g/mol. The van der Waals surface area contributed by atoms with Crippen molar-refractivity contribution in [2.75, 3.05) is 4.72 Å². The highest BCUT2D eigenvalue weighted by Gasteiger charge is 2.00. The Bertz CT molecular complexity index is 322. The number of hydrogen-bond donors (Lipinski definition) is 1. The number of anilines is 1. The van der Waals surface area contributed by atoms with Crippen molar-refractivity contribution in [2.45, 2.75) is 0 Å². The van der Waals surface area contributed by atoms with Crippen LogP contribution in [-0.4, -0.2) is 13.7 Å². The number of nitrogens with one attached hydrogen (secondary N) is 1. The van der Waals surface area contributed by atoms with Gasteiger partial charge in [0.05, 0.1) is 5.69 Å². The summed E-state index contributed by atoms with van der Waals surface area (Å²) in [4.78, 5) is 3.71. The number of aromatic nitrogens is 1. The zero-order valence-electron chi connectivity index (χ0n) is 5.58. The van der Waals surface area contributed by atoms with E-state index in [0.29, 0.717) is 4.47 Å². The van der Waals surface area contributed by atoms with Crippen LogP contribution >= 0.6 is 27.5 Å². The second kappa shape index (κ2) is 4.18. The molecule has 12 heavy (non-hydrogen) atoms. The molecule has 0 aromatic carbocycles. The van der Waals surface area contributed by atoms with Gasteiger partial charge in [0.1, 0.15) is 0 Å². The fourth-order valence-electron chi connectivity index (χ4n) is 0.584. The van der Waals surface area contributed by atoms with Crippen LogP contribution in [0.3, 0.4) is 0 Å². The third-order valence-corrected chi connectivity index (χ3v) is 2.12. The lowest BCUT2D eigenvalue weighted by Crippen LogP contribution is -2.03. The van der Waals surface area contributed by atoms with E-state index in [1.54, 1.807) is 0 Å². The van der Waals surface area contributed by atoms with Gasteiger partial charge >= 0.3 is 0 Å². The fourth-order valence-corrected chi connectivity index (χ4v) is 1.46. The SMILES string of the molecule is O=S([O-])Nc1cc(Br)cnc1Cl. The van der Waals surface area contributed by atoms with Gasteiger partial charge in [-0.15, -0.1) is 0 Å². The van der Waals surface area contributed by atoms with Crippen LogP contribution in [0.25, 0.3) is 0 Å². The molecule has 0 spiro atoms. The van der Waals surface area contributed by atoms with Gasteiger partial charge in [-0.1, -0.05) is 11.6 Å². The van der Waals surface area contributed by atoms with E-state index in [1.165, 1.54) is 12.3 Å². The minimum Gasteiger partial charge on any atom is -0.755 e. The van der Waals surface area contributed by atoms with Crippen molar-refractivity contribution in [1.29, 1.82) is 0 Å². The van der Waals surface area contributed by atoms with Gasteiger partial charge in [0.2, 0.25) is 0 Å². The molecule has 0 aliphatic carbocycles. The number of hydrogen-bond acceptors (Lipinski definition) is 3. The Morgan fingerprint density at radius 3 is 3.00 bits per heavy atom. The van der Waals surface area contributed by atoms with Crippen LogP contribution in [0.15, 0.2) is 16.7 Å². The second-order valence-corrected chi connectivity index (χ2v) is 3.78. The van der Waals surface area contributed by atoms with E-state index in [-0.39, 0.29) is 10.8 Å². The first-order chi connectivity index (χ1) is 5.59. The zero-order valence-corrected chi connectivity index (χ0v) is 8.74. The van der Waals surface area contributed by atoms with Crippen LogP contribution in [0.4, 0.5) is 5.69 Å². The summed E-state index contributed by atoms with van der Waals surface area (Å²) in [7, 11) is 0. The molecular formula is C5H3BrClN2O2S-. The predicted molar refractivity (Wildman–Crippen MR) is 49.5 cm³/mol. The van der Waals surface area contributed by atoms with Crippen molar-refractivity contribution in [3.8, 4) is 0 Å². The van der Waals surface area contributed by atoms with Crippen molar-refractivity contribution in [3.63, 3.8) is 0 Å². The largest absolute Gasteiger partial charge is 0.755 e. The van der Waals surface area contributed by atoms with Crippen molar-refractivity contribution in [3.05, 3.63) is 21.9 Å². The smallest absolute Gasteiger partial charge is 0.153 e. The number of rotatable bonds is 2. The molecule has 7 heteroatoms. The molecule has 1 aromatic heterocycles. The molecule has 0 saturated heterocycles. The maximum atomic E-state index is 10.2. The average Bonchev–Trinajstić information content (AvgIpc) is 1.96. The molecule has 0 saturated carbocycles. The van der Waals surface area contributed by atoms with Crippen LogP contribution in [0.2, 0.25) is 5.15 Å². The third-order valence-electron chi connectivity index (χ3n) is 0.999. The van der Waals surface area contributed by atoms with Gasteiger partial charge in [-0.05, 0) is 22.0 Å². The Morgan fingerprint density at radius 2 is 2.42 bits per heavy atom. The van der Waals surface area contributed by atoms with Crippen LogP contribution in [0, 0.1) is 0 Å². The molecule has 0 amide bonds. The fraction of sp³-hybridized carbons (Fsp3) is 0. The summed E-state index contributed by atoms with van der Waals surface area (Å²) in [6, 6.07) is 1.52. The molecule has 0 aliphatic heterocycles. The summed E-state index contributed by atoms with van der Waals surface area (Å²) in [5, 5.41) is 0.113. The molecule has 0 fully saturated rings. The highest BCUT2D eigenvalue weighted by atomic mass is 79.9. The lowest BCUT2D eigenvalue weighted by atomic mass is 10.4. The summed E-state index contributed by atoms with van der Waals surface area (Å²) < 4.78 is 23.2. The van der Waals surface area contributed by atoms with Crippen molar-refractivity contribution >= 4 is 44.5 Å². The predicted octanol–water partition coefficient (Wildman–Crippen LogP) is 1.70. The first kappa shape index (κ1) is 9.91. The average molecular weight is 271 g/mol. The molecule has 66 valence electrons. The summed E-state index contributed by atoms with van der Waals surface area (Å²) >= 11 is 6.32. The summed E-state index contributed by atoms with van der Waals surface area (Å²) in [6.07, 6.45) is 1.47. The molecule has 1 heterocycles. The minimum atomic E-state index is -2.38. The van der Waals surface area contributed by atoms with E-state index in [0.717, 1.165) is 0 Å². The number of halogens is 2. The molecule has 0 radical (unpaired) electrons. The van der Waals surface area contributed by atoms with Gasteiger partial charge in [0.25, 0.3) is 0 Å². The van der Waals surface area contributed by atoms with Crippen LogP contribution in [0.5, 0.6) is 0 Å². The van der Waals surface area contributed by atoms with E-state index in [4.69, 9.17) is 11.6 Å². The van der Waals surface area contributed by atoms with Gasteiger partial charge in [0, 0.05) is 21.9 Å². The molecule has 1 atom stereocenters. The number of pyridine rings is 1. The van der Waals surface area contributed by atoms with E-state index in [9.17, 15) is 8.76 Å². The quantitative estimate of drug-likeness (QED) is 0.657. The molecule has 1 N–H and O–H groups in total. The van der Waals surface area contributed by atoms with Crippen molar-refractivity contribution in [1.82, 2.24) is 4.98 Å². The molecular weight excluding hydrogens is 267 g/mol. The maximum Gasteiger partial charge on any atom is 0.153 e. The van der Waals surface area contributed by atoms with Crippen LogP contribution < -0.4 is 4.72 Å². The highest BCUT2D eigenvalue weighted by Crippen LogP contribution is 2.22. The van der Waals surface area contributed by atoms with E-state index >= 15 is 0 Å². The third kappa shape index (κ3) is 2.71. The lowest BCUT2D eigenvalue weighted by Gasteiger charge is -2.09. The van der Waals surface area contributed by atoms with E-state index < -0.39 is 11.3 Å². The van der Waals surface area contributed by atoms with Crippen molar-refractivity contribution in [2.24, 2.45) is 0 Å². The molecule has 1 aromatic rings. The standard InChI is InChI=1S/C5H4BrClN2O2S/c6-3-1-4(9-12(10)11)5(7)8-2-3/h1-2,9H,(H,10,11)/p-1. The summed E-state index contributed by atoms with van der Waals surface area (Å²) in [5.74, 6) is 0. The summed E-state index contributed by atoms with van der Waals surface area (Å²) in [6.45, 7) is 0. The van der Waals surface area contributed by atoms with Crippen LogP contribution in [0.1, 0.15) is 0 Å². The second-order valence-electron chi connectivity index (χ2n) is 1.83. The Balaban J connectivity index is 2.97. The Labute approximate surface area is 84.9 Å². The molecule has 0 aliphatic rings. The van der Waals surface area contributed by atoms with E-state index in [1.807, 2.05) is 0 Å².